The van der Waals surface area contributed by atoms with Crippen LogP contribution < -0.4 is 15.0 Å². The maximum atomic E-state index is 11.0. The molecule has 0 saturated carbocycles. The highest BCUT2D eigenvalue weighted by Crippen LogP contribution is 2.26. The van der Waals surface area contributed by atoms with Gasteiger partial charge in [0.2, 0.25) is 0 Å². The topological polar surface area (TPSA) is 56.2 Å². The van der Waals surface area contributed by atoms with Gasteiger partial charge in [0.25, 0.3) is 5.56 Å². The average Bonchev–Trinajstić information content (AvgIpc) is 2.74. The molecule has 0 spiro atoms. The Kier molecular flexibility index (Phi) is 2.68. The molecule has 0 aliphatic heterocycles. The molecule has 0 saturated heterocycles. The van der Waals surface area contributed by atoms with Crippen LogP contribution in [0.3, 0.4) is 0 Å². The lowest BCUT2D eigenvalue weighted by atomic mass is 10.3. The Morgan fingerprint density at radius 1 is 1.19 bits per heavy atom. The van der Waals surface area contributed by atoms with Gasteiger partial charge in [0.1, 0.15) is 17.2 Å². The van der Waals surface area contributed by atoms with Crippen molar-refractivity contribution in [3.63, 3.8) is 0 Å². The molecule has 1 heterocycles. The predicted molar refractivity (Wildman–Crippen MR) is 59.5 cm³/mol. The number of hydrogen-bond donors (Lipinski definition) is 1. The molecule has 84 valence electrons. The molecule has 1 N–H and O–H groups in total. The molecule has 16 heavy (non-hydrogen) atoms. The predicted octanol–water partition coefficient (Wildman–Crippen LogP) is 1.18. The summed E-state index contributed by atoms with van der Waals surface area (Å²) < 4.78 is 11.9. The molecule has 1 aromatic carbocycles. The van der Waals surface area contributed by atoms with E-state index in [2.05, 4.69) is 5.10 Å². The van der Waals surface area contributed by atoms with Crippen molar-refractivity contribution in [1.82, 2.24) is 9.78 Å². The molecule has 0 radical (unpaired) electrons. The molecular weight excluding hydrogens is 208 g/mol. The van der Waals surface area contributed by atoms with E-state index in [9.17, 15) is 4.79 Å². The van der Waals surface area contributed by atoms with Crippen LogP contribution in [0.15, 0.2) is 35.3 Å². The van der Waals surface area contributed by atoms with Crippen LogP contribution in [-0.4, -0.2) is 24.0 Å². The van der Waals surface area contributed by atoms with Crippen molar-refractivity contribution in [3.05, 3.63) is 40.8 Å². The van der Waals surface area contributed by atoms with Crippen molar-refractivity contribution < 1.29 is 9.47 Å². The fourth-order valence-electron chi connectivity index (χ4n) is 1.46. The van der Waals surface area contributed by atoms with Gasteiger partial charge in [0, 0.05) is 18.3 Å². The van der Waals surface area contributed by atoms with Crippen LogP contribution in [-0.2, 0) is 0 Å². The number of ether oxygens (including phenoxy) is 2. The van der Waals surface area contributed by atoms with E-state index in [0.29, 0.717) is 11.5 Å². The first kappa shape index (κ1) is 10.4. The lowest BCUT2D eigenvalue weighted by molar-refractivity contribution is 0.392. The minimum atomic E-state index is -0.155. The Morgan fingerprint density at radius 2 is 2.00 bits per heavy atom. The number of H-pyrrole nitrogens is 1. The first-order valence-corrected chi connectivity index (χ1v) is 4.74. The van der Waals surface area contributed by atoms with E-state index >= 15 is 0 Å². The third kappa shape index (κ3) is 1.79. The zero-order valence-corrected chi connectivity index (χ0v) is 9.06. The van der Waals surface area contributed by atoms with Gasteiger partial charge in [-0.3, -0.25) is 14.6 Å². The maximum Gasteiger partial charge on any atom is 0.264 e. The Bertz CT molecular complexity index is 542. The minimum Gasteiger partial charge on any atom is -0.497 e. The van der Waals surface area contributed by atoms with Crippen molar-refractivity contribution in [2.75, 3.05) is 14.2 Å². The molecule has 0 aliphatic rings. The van der Waals surface area contributed by atoms with Gasteiger partial charge < -0.3 is 9.47 Å². The lowest BCUT2D eigenvalue weighted by Crippen LogP contribution is -2.04. The van der Waals surface area contributed by atoms with E-state index in [1.165, 1.54) is 6.07 Å². The number of aromatic amines is 1. The Morgan fingerprint density at radius 3 is 2.56 bits per heavy atom. The third-order valence-electron chi connectivity index (χ3n) is 2.25. The highest BCUT2D eigenvalue weighted by Gasteiger charge is 2.06. The summed E-state index contributed by atoms with van der Waals surface area (Å²) in [5, 5.41) is 2.64. The van der Waals surface area contributed by atoms with Gasteiger partial charge in [-0.05, 0) is 12.1 Å². The van der Waals surface area contributed by atoms with E-state index < -0.39 is 0 Å². The van der Waals surface area contributed by atoms with Crippen LogP contribution in [0.25, 0.3) is 5.69 Å². The fraction of sp³-hybridized carbons (Fsp3) is 0.182. The van der Waals surface area contributed by atoms with Crippen LogP contribution in [0.1, 0.15) is 0 Å². The normalized spacial score (nSPS) is 10.1. The summed E-state index contributed by atoms with van der Waals surface area (Å²) in [6.45, 7) is 0. The van der Waals surface area contributed by atoms with Crippen LogP contribution >= 0.6 is 0 Å². The molecule has 0 aliphatic carbocycles. The van der Waals surface area contributed by atoms with Crippen molar-refractivity contribution >= 4 is 0 Å². The molecule has 2 aromatic rings. The third-order valence-corrected chi connectivity index (χ3v) is 2.25. The van der Waals surface area contributed by atoms with Crippen molar-refractivity contribution in [3.8, 4) is 17.2 Å². The average molecular weight is 220 g/mol. The van der Waals surface area contributed by atoms with Crippen LogP contribution in [0.5, 0.6) is 11.5 Å². The molecule has 0 amide bonds. The zero-order chi connectivity index (χ0) is 11.5. The zero-order valence-electron chi connectivity index (χ0n) is 9.06. The number of aromatic nitrogens is 2. The number of benzene rings is 1. The summed E-state index contributed by atoms with van der Waals surface area (Å²) in [5.74, 6) is 1.33. The molecule has 0 atom stereocenters. The number of hydrogen-bond acceptors (Lipinski definition) is 3. The summed E-state index contributed by atoms with van der Waals surface area (Å²) in [4.78, 5) is 11.0. The van der Waals surface area contributed by atoms with E-state index in [-0.39, 0.29) is 5.56 Å². The van der Waals surface area contributed by atoms with Gasteiger partial charge in [-0.15, -0.1) is 0 Å². The Labute approximate surface area is 92.2 Å². The van der Waals surface area contributed by atoms with Gasteiger partial charge in [0.05, 0.1) is 14.2 Å². The fourth-order valence-corrected chi connectivity index (χ4v) is 1.46. The van der Waals surface area contributed by atoms with Crippen molar-refractivity contribution in [1.29, 1.82) is 0 Å². The molecule has 5 nitrogen and oxygen atoms in total. The molecule has 0 unspecified atom stereocenters. The Balaban J connectivity index is 2.52. The summed E-state index contributed by atoms with van der Waals surface area (Å²) in [6, 6.07) is 6.82. The maximum absolute atomic E-state index is 11.0. The number of rotatable bonds is 3. The molecule has 5 heteroatoms. The first-order chi connectivity index (χ1) is 7.74. The summed E-state index contributed by atoms with van der Waals surface area (Å²) >= 11 is 0. The van der Waals surface area contributed by atoms with Crippen molar-refractivity contribution in [2.45, 2.75) is 0 Å². The van der Waals surface area contributed by atoms with Gasteiger partial charge >= 0.3 is 0 Å². The van der Waals surface area contributed by atoms with Crippen LogP contribution in [0.2, 0.25) is 0 Å². The molecule has 2 rings (SSSR count). The quantitative estimate of drug-likeness (QED) is 0.845. The molecule has 0 bridgehead atoms. The monoisotopic (exact) mass is 220 g/mol. The number of methoxy groups -OCH3 is 2. The van der Waals surface area contributed by atoms with E-state index in [1.54, 1.807) is 37.2 Å². The van der Waals surface area contributed by atoms with Crippen molar-refractivity contribution in [2.24, 2.45) is 0 Å². The Hall–Kier alpha value is -2.17. The summed E-state index contributed by atoms with van der Waals surface area (Å²) in [5.41, 5.74) is 0.600. The second-order valence-corrected chi connectivity index (χ2v) is 3.20. The molecule has 1 aromatic heterocycles. The molecule has 0 fully saturated rings. The summed E-state index contributed by atoms with van der Waals surface area (Å²) in [7, 11) is 3.16. The van der Waals surface area contributed by atoms with Crippen LogP contribution in [0.4, 0.5) is 0 Å². The van der Waals surface area contributed by atoms with Gasteiger partial charge in [0.15, 0.2) is 0 Å². The van der Waals surface area contributed by atoms with E-state index in [4.69, 9.17) is 9.47 Å². The van der Waals surface area contributed by atoms with Crippen LogP contribution in [0, 0.1) is 0 Å². The second-order valence-electron chi connectivity index (χ2n) is 3.20. The SMILES string of the molecule is COc1ccc(-n2ccc(=O)[nH]2)c(OC)c1. The standard InChI is InChI=1S/C11H12N2O3/c1-15-8-3-4-9(10(7-8)16-2)13-6-5-11(14)12-13/h3-7H,1-2H3,(H,12,14). The summed E-state index contributed by atoms with van der Waals surface area (Å²) in [6.07, 6.45) is 1.65. The number of nitrogens with zero attached hydrogens (tertiary/aromatic N) is 1. The number of nitrogens with one attached hydrogen (secondary N) is 1. The largest absolute Gasteiger partial charge is 0.497 e. The highest BCUT2D eigenvalue weighted by molar-refractivity contribution is 5.50. The van der Waals surface area contributed by atoms with Gasteiger partial charge in [-0.2, -0.15) is 0 Å². The molecular formula is C11H12N2O3. The minimum absolute atomic E-state index is 0.155. The smallest absolute Gasteiger partial charge is 0.264 e. The van der Waals surface area contributed by atoms with E-state index in [1.807, 2.05) is 6.07 Å². The first-order valence-electron chi connectivity index (χ1n) is 4.74. The van der Waals surface area contributed by atoms with Gasteiger partial charge in [-0.25, -0.2) is 0 Å². The van der Waals surface area contributed by atoms with E-state index in [0.717, 1.165) is 5.69 Å². The lowest BCUT2D eigenvalue weighted by Gasteiger charge is -2.10. The van der Waals surface area contributed by atoms with Gasteiger partial charge in [-0.1, -0.05) is 0 Å². The second kappa shape index (κ2) is 4.14. The highest BCUT2D eigenvalue weighted by atomic mass is 16.5.